The van der Waals surface area contributed by atoms with Gasteiger partial charge in [0.1, 0.15) is 0 Å². The lowest BCUT2D eigenvalue weighted by molar-refractivity contribution is 0.291. The molecule has 1 aromatic rings. The second-order valence-electron chi connectivity index (χ2n) is 5.61. The lowest BCUT2D eigenvalue weighted by Crippen LogP contribution is -2.22. The van der Waals surface area contributed by atoms with Gasteiger partial charge in [0.2, 0.25) is 0 Å². The van der Waals surface area contributed by atoms with Crippen LogP contribution < -0.4 is 5.32 Å². The van der Waals surface area contributed by atoms with Gasteiger partial charge in [-0.2, -0.15) is 0 Å². The molecule has 1 aliphatic carbocycles. The van der Waals surface area contributed by atoms with E-state index in [9.17, 15) is 0 Å². The quantitative estimate of drug-likeness (QED) is 0.802. The molecule has 0 amide bonds. The molecule has 0 spiro atoms. The van der Waals surface area contributed by atoms with Gasteiger partial charge >= 0.3 is 0 Å². The summed E-state index contributed by atoms with van der Waals surface area (Å²) in [6.45, 7) is 7.87. The molecule has 1 heterocycles. The molecule has 17 heavy (non-hydrogen) atoms. The van der Waals surface area contributed by atoms with E-state index < -0.39 is 0 Å². The van der Waals surface area contributed by atoms with E-state index in [2.05, 4.69) is 43.2 Å². The molecule has 1 N–H and O–H groups in total. The number of nitrogens with zero attached hydrogens (tertiary/aromatic N) is 1. The van der Waals surface area contributed by atoms with Crippen LogP contribution in [0.2, 0.25) is 0 Å². The Labute approximate surface area is 109 Å². The van der Waals surface area contributed by atoms with Crippen molar-refractivity contribution in [2.45, 2.75) is 45.8 Å². The third-order valence-electron chi connectivity index (χ3n) is 2.96. The Kier molecular flexibility index (Phi) is 4.60. The second kappa shape index (κ2) is 5.98. The Bertz CT molecular complexity index is 342. The minimum atomic E-state index is 0.746. The molecule has 3 heteroatoms. The Hall–Kier alpha value is -0.380. The summed E-state index contributed by atoms with van der Waals surface area (Å²) in [7, 11) is 2.21. The normalized spacial score (nSPS) is 16.1. The standard InChI is InChI=1S/C14H24N2S/c1-11(2)9-16(3)10-14-7-6-13(17-14)8-15-12-4-5-12/h6-7,11-12,15H,4-5,8-10H2,1-3H3. The molecule has 0 saturated heterocycles. The van der Waals surface area contributed by atoms with Crippen molar-refractivity contribution in [2.24, 2.45) is 5.92 Å². The monoisotopic (exact) mass is 252 g/mol. The first kappa shape index (κ1) is 13.1. The van der Waals surface area contributed by atoms with Crippen molar-refractivity contribution < 1.29 is 0 Å². The SMILES string of the molecule is CC(C)CN(C)Cc1ccc(CNC2CC2)s1. The Morgan fingerprint density at radius 1 is 1.35 bits per heavy atom. The van der Waals surface area contributed by atoms with Crippen LogP contribution in [-0.2, 0) is 13.1 Å². The summed E-state index contributed by atoms with van der Waals surface area (Å²) in [6, 6.07) is 5.37. The third kappa shape index (κ3) is 4.78. The molecule has 0 bridgehead atoms. The van der Waals surface area contributed by atoms with Crippen molar-refractivity contribution in [2.75, 3.05) is 13.6 Å². The maximum Gasteiger partial charge on any atom is 0.0325 e. The summed E-state index contributed by atoms with van der Waals surface area (Å²) in [5.41, 5.74) is 0. The van der Waals surface area contributed by atoms with E-state index in [0.717, 1.165) is 25.0 Å². The Balaban J connectivity index is 1.76. The highest BCUT2D eigenvalue weighted by Gasteiger charge is 2.20. The molecule has 1 aromatic heterocycles. The smallest absolute Gasteiger partial charge is 0.0325 e. The molecule has 0 atom stereocenters. The van der Waals surface area contributed by atoms with Crippen LogP contribution in [-0.4, -0.2) is 24.5 Å². The molecule has 1 fully saturated rings. The number of hydrogen-bond donors (Lipinski definition) is 1. The van der Waals surface area contributed by atoms with Gasteiger partial charge in [0.15, 0.2) is 0 Å². The molecule has 1 aliphatic rings. The van der Waals surface area contributed by atoms with Crippen molar-refractivity contribution in [3.63, 3.8) is 0 Å². The maximum absolute atomic E-state index is 3.57. The van der Waals surface area contributed by atoms with Gasteiger partial charge in [-0.05, 0) is 37.9 Å². The van der Waals surface area contributed by atoms with Crippen molar-refractivity contribution in [1.82, 2.24) is 10.2 Å². The summed E-state index contributed by atoms with van der Waals surface area (Å²) < 4.78 is 0. The summed E-state index contributed by atoms with van der Waals surface area (Å²) in [6.07, 6.45) is 2.74. The molecule has 0 aliphatic heterocycles. The van der Waals surface area contributed by atoms with Gasteiger partial charge in [-0.25, -0.2) is 0 Å². The van der Waals surface area contributed by atoms with Gasteiger partial charge in [0.05, 0.1) is 0 Å². The third-order valence-corrected chi connectivity index (χ3v) is 4.03. The zero-order valence-corrected chi connectivity index (χ0v) is 12.0. The first-order valence-corrected chi connectivity index (χ1v) is 7.44. The van der Waals surface area contributed by atoms with Crippen molar-refractivity contribution in [3.8, 4) is 0 Å². The van der Waals surface area contributed by atoms with Gasteiger partial charge in [-0.3, -0.25) is 0 Å². The van der Waals surface area contributed by atoms with Gasteiger partial charge in [-0.1, -0.05) is 13.8 Å². The average molecular weight is 252 g/mol. The number of thiophene rings is 1. The van der Waals surface area contributed by atoms with Crippen molar-refractivity contribution in [1.29, 1.82) is 0 Å². The minimum absolute atomic E-state index is 0.746. The topological polar surface area (TPSA) is 15.3 Å². The van der Waals surface area contributed by atoms with E-state index in [1.807, 2.05) is 11.3 Å². The first-order valence-electron chi connectivity index (χ1n) is 6.63. The zero-order chi connectivity index (χ0) is 12.3. The predicted molar refractivity (Wildman–Crippen MR) is 75.4 cm³/mol. The minimum Gasteiger partial charge on any atom is -0.309 e. The predicted octanol–water partition coefficient (Wildman–Crippen LogP) is 3.09. The summed E-state index contributed by atoms with van der Waals surface area (Å²) in [4.78, 5) is 5.37. The van der Waals surface area contributed by atoms with Gasteiger partial charge in [-0.15, -0.1) is 11.3 Å². The maximum atomic E-state index is 3.57. The number of rotatable bonds is 7. The fraction of sp³-hybridized carbons (Fsp3) is 0.714. The van der Waals surface area contributed by atoms with Crippen LogP contribution in [0.5, 0.6) is 0 Å². The van der Waals surface area contributed by atoms with E-state index >= 15 is 0 Å². The van der Waals surface area contributed by atoms with Crippen molar-refractivity contribution in [3.05, 3.63) is 21.9 Å². The van der Waals surface area contributed by atoms with Crippen LogP contribution in [0.4, 0.5) is 0 Å². The molecule has 0 unspecified atom stereocenters. The number of hydrogen-bond acceptors (Lipinski definition) is 3. The largest absolute Gasteiger partial charge is 0.309 e. The van der Waals surface area contributed by atoms with Crippen LogP contribution in [0.25, 0.3) is 0 Å². The zero-order valence-electron chi connectivity index (χ0n) is 11.2. The molecule has 1 saturated carbocycles. The van der Waals surface area contributed by atoms with Crippen LogP contribution >= 0.6 is 11.3 Å². The van der Waals surface area contributed by atoms with Crippen LogP contribution in [0.1, 0.15) is 36.4 Å². The highest BCUT2D eigenvalue weighted by Crippen LogP contribution is 2.22. The summed E-state index contributed by atoms with van der Waals surface area (Å²) >= 11 is 1.95. The number of nitrogens with one attached hydrogen (secondary N) is 1. The highest BCUT2D eigenvalue weighted by molar-refractivity contribution is 7.11. The molecule has 2 rings (SSSR count). The van der Waals surface area contributed by atoms with Crippen LogP contribution in [0, 0.1) is 5.92 Å². The molecule has 2 nitrogen and oxygen atoms in total. The van der Waals surface area contributed by atoms with E-state index in [-0.39, 0.29) is 0 Å². The fourth-order valence-corrected chi connectivity index (χ4v) is 3.14. The summed E-state index contributed by atoms with van der Waals surface area (Å²) in [5, 5.41) is 3.57. The van der Waals surface area contributed by atoms with E-state index in [1.54, 1.807) is 0 Å². The molecule has 0 radical (unpaired) electrons. The molecule has 0 aromatic carbocycles. The first-order chi connectivity index (χ1) is 8.13. The summed E-state index contributed by atoms with van der Waals surface area (Å²) in [5.74, 6) is 0.746. The van der Waals surface area contributed by atoms with Gasteiger partial charge in [0.25, 0.3) is 0 Å². The highest BCUT2D eigenvalue weighted by atomic mass is 32.1. The lowest BCUT2D eigenvalue weighted by Gasteiger charge is -2.17. The molecule has 96 valence electrons. The lowest BCUT2D eigenvalue weighted by atomic mass is 10.2. The van der Waals surface area contributed by atoms with Crippen molar-refractivity contribution >= 4 is 11.3 Å². The Morgan fingerprint density at radius 3 is 2.71 bits per heavy atom. The fourth-order valence-electron chi connectivity index (χ4n) is 2.09. The Morgan fingerprint density at radius 2 is 2.06 bits per heavy atom. The van der Waals surface area contributed by atoms with E-state index in [1.165, 1.54) is 29.1 Å². The van der Waals surface area contributed by atoms with Gasteiger partial charge < -0.3 is 10.2 Å². The van der Waals surface area contributed by atoms with Gasteiger partial charge in [0, 0.05) is 35.4 Å². The average Bonchev–Trinajstić information content (AvgIpc) is 2.96. The second-order valence-corrected chi connectivity index (χ2v) is 6.87. The van der Waals surface area contributed by atoms with Crippen LogP contribution in [0.3, 0.4) is 0 Å². The van der Waals surface area contributed by atoms with E-state index in [0.29, 0.717) is 0 Å². The van der Waals surface area contributed by atoms with Crippen LogP contribution in [0.15, 0.2) is 12.1 Å². The van der Waals surface area contributed by atoms with E-state index in [4.69, 9.17) is 0 Å². The molecular formula is C14H24N2S. The molecular weight excluding hydrogens is 228 g/mol.